The zero-order chi connectivity index (χ0) is 15.3. The maximum Gasteiger partial charge on any atom is 0.240 e. The molecule has 0 saturated carbocycles. The van der Waals surface area contributed by atoms with E-state index in [0.29, 0.717) is 12.4 Å². The predicted octanol–water partition coefficient (Wildman–Crippen LogP) is 1.78. The number of anilines is 1. The highest BCUT2D eigenvalue weighted by Crippen LogP contribution is 2.16. The second kappa shape index (κ2) is 7.14. The number of nitrogens with zero attached hydrogens (tertiary/aromatic N) is 2. The summed E-state index contributed by atoms with van der Waals surface area (Å²) in [6.45, 7) is 2.64. The molecule has 0 saturated heterocycles. The predicted molar refractivity (Wildman–Crippen MR) is 89.6 cm³/mol. The van der Waals surface area contributed by atoms with Gasteiger partial charge in [-0.25, -0.2) is 18.1 Å². The zero-order valence-corrected chi connectivity index (χ0v) is 14.3. The van der Waals surface area contributed by atoms with Crippen molar-refractivity contribution in [2.75, 3.05) is 18.4 Å². The van der Waals surface area contributed by atoms with Crippen molar-refractivity contribution in [3.63, 3.8) is 0 Å². The average molecular weight is 418 g/mol. The zero-order valence-electron chi connectivity index (χ0n) is 11.4. The normalized spacial score (nSPS) is 11.3. The number of hydrogen-bond donors (Lipinski definition) is 2. The van der Waals surface area contributed by atoms with Gasteiger partial charge in [-0.05, 0) is 47.2 Å². The van der Waals surface area contributed by atoms with E-state index in [1.165, 1.54) is 0 Å². The van der Waals surface area contributed by atoms with E-state index in [-0.39, 0.29) is 11.4 Å². The lowest BCUT2D eigenvalue weighted by Gasteiger charge is -2.09. The number of halogens is 1. The molecule has 2 rings (SSSR count). The fraction of sp³-hybridized carbons (Fsp3) is 0.231. The first-order valence-corrected chi connectivity index (χ1v) is 8.81. The SMILES string of the molecule is Cc1ccc(S(=O)(=O)NCCNc2cnccn2)cc1I. The number of aromatic nitrogens is 2. The fourth-order valence-corrected chi connectivity index (χ4v) is 3.37. The summed E-state index contributed by atoms with van der Waals surface area (Å²) in [5.41, 5.74) is 1.05. The molecule has 0 unspecified atom stereocenters. The van der Waals surface area contributed by atoms with Crippen LogP contribution in [0.1, 0.15) is 5.56 Å². The first-order chi connectivity index (χ1) is 9.99. The third-order valence-corrected chi connectivity index (χ3v) is 5.36. The molecule has 1 aromatic carbocycles. The highest BCUT2D eigenvalue weighted by molar-refractivity contribution is 14.1. The summed E-state index contributed by atoms with van der Waals surface area (Å²) in [4.78, 5) is 8.23. The molecule has 0 radical (unpaired) electrons. The van der Waals surface area contributed by atoms with Crippen molar-refractivity contribution in [1.82, 2.24) is 14.7 Å². The summed E-state index contributed by atoms with van der Waals surface area (Å²) < 4.78 is 27.7. The highest BCUT2D eigenvalue weighted by atomic mass is 127. The molecule has 2 N–H and O–H groups in total. The van der Waals surface area contributed by atoms with Crippen molar-refractivity contribution >= 4 is 38.4 Å². The van der Waals surface area contributed by atoms with Gasteiger partial charge < -0.3 is 5.32 Å². The summed E-state index contributed by atoms with van der Waals surface area (Å²) in [7, 11) is -3.48. The van der Waals surface area contributed by atoms with E-state index in [9.17, 15) is 8.42 Å². The Morgan fingerprint density at radius 1 is 1.24 bits per heavy atom. The maximum atomic E-state index is 12.1. The topological polar surface area (TPSA) is 84.0 Å². The number of aryl methyl sites for hydroxylation is 1. The lowest BCUT2D eigenvalue weighted by molar-refractivity contribution is 0.583. The highest BCUT2D eigenvalue weighted by Gasteiger charge is 2.14. The summed E-state index contributed by atoms with van der Waals surface area (Å²) >= 11 is 2.12. The Kier molecular flexibility index (Phi) is 5.48. The van der Waals surface area contributed by atoms with Gasteiger partial charge in [0.25, 0.3) is 0 Å². The van der Waals surface area contributed by atoms with Crippen LogP contribution in [0.2, 0.25) is 0 Å². The van der Waals surface area contributed by atoms with Gasteiger partial charge in [-0.1, -0.05) is 6.07 Å². The Balaban J connectivity index is 1.91. The smallest absolute Gasteiger partial charge is 0.240 e. The molecule has 0 fully saturated rings. The Labute approximate surface area is 137 Å². The van der Waals surface area contributed by atoms with Crippen LogP contribution in [-0.4, -0.2) is 31.5 Å². The van der Waals surface area contributed by atoms with Crippen molar-refractivity contribution in [2.24, 2.45) is 0 Å². The Morgan fingerprint density at radius 3 is 2.71 bits per heavy atom. The van der Waals surface area contributed by atoms with Gasteiger partial charge in [0.15, 0.2) is 0 Å². The molecule has 2 aromatic rings. The Morgan fingerprint density at radius 2 is 2.05 bits per heavy atom. The molecule has 0 bridgehead atoms. The third kappa shape index (κ3) is 4.61. The molecule has 0 aliphatic carbocycles. The maximum absolute atomic E-state index is 12.1. The lowest BCUT2D eigenvalue weighted by Crippen LogP contribution is -2.29. The van der Waals surface area contributed by atoms with E-state index < -0.39 is 10.0 Å². The summed E-state index contributed by atoms with van der Waals surface area (Å²) in [5, 5.41) is 2.99. The van der Waals surface area contributed by atoms with Crippen LogP contribution < -0.4 is 10.0 Å². The molecular weight excluding hydrogens is 403 g/mol. The minimum absolute atomic E-state index is 0.267. The molecule has 0 aliphatic heterocycles. The molecule has 0 aliphatic rings. The fourth-order valence-electron chi connectivity index (χ4n) is 1.59. The van der Waals surface area contributed by atoms with Gasteiger partial charge in [0.2, 0.25) is 10.0 Å². The largest absolute Gasteiger partial charge is 0.367 e. The molecule has 1 heterocycles. The van der Waals surface area contributed by atoms with Crippen molar-refractivity contribution in [3.05, 3.63) is 45.9 Å². The van der Waals surface area contributed by atoms with Gasteiger partial charge in [0, 0.05) is 29.1 Å². The van der Waals surface area contributed by atoms with Crippen LogP contribution in [0, 0.1) is 10.5 Å². The van der Waals surface area contributed by atoms with Crippen molar-refractivity contribution in [1.29, 1.82) is 0 Å². The van der Waals surface area contributed by atoms with E-state index in [0.717, 1.165) is 9.13 Å². The van der Waals surface area contributed by atoms with E-state index in [1.54, 1.807) is 36.8 Å². The quantitative estimate of drug-likeness (QED) is 0.552. The third-order valence-electron chi connectivity index (χ3n) is 2.74. The van der Waals surface area contributed by atoms with Crippen LogP contribution in [0.5, 0.6) is 0 Å². The van der Waals surface area contributed by atoms with Crippen LogP contribution in [-0.2, 0) is 10.0 Å². The van der Waals surface area contributed by atoms with Crippen LogP contribution in [0.3, 0.4) is 0 Å². The molecule has 112 valence electrons. The Bertz CT molecular complexity index is 707. The molecule has 0 amide bonds. The van der Waals surface area contributed by atoms with Gasteiger partial charge in [0.1, 0.15) is 5.82 Å². The van der Waals surface area contributed by atoms with Crippen LogP contribution in [0.15, 0.2) is 41.7 Å². The van der Waals surface area contributed by atoms with Gasteiger partial charge in [-0.2, -0.15) is 0 Å². The molecule has 1 aromatic heterocycles. The van der Waals surface area contributed by atoms with Crippen LogP contribution in [0.4, 0.5) is 5.82 Å². The molecule has 0 atom stereocenters. The number of sulfonamides is 1. The van der Waals surface area contributed by atoms with Crippen LogP contribution >= 0.6 is 22.6 Å². The molecule has 0 spiro atoms. The second-order valence-corrected chi connectivity index (χ2v) is 7.26. The van der Waals surface area contributed by atoms with Crippen molar-refractivity contribution < 1.29 is 8.42 Å². The molecule has 8 heteroatoms. The van der Waals surface area contributed by atoms with Gasteiger partial charge in [0.05, 0.1) is 11.1 Å². The summed E-state index contributed by atoms with van der Waals surface area (Å²) in [5.74, 6) is 0.613. The standard InChI is InChI=1S/C13H15IN4O2S/c1-10-2-3-11(8-12(10)14)21(19,20)18-7-6-17-13-9-15-4-5-16-13/h2-5,8-9,18H,6-7H2,1H3,(H,16,17). The monoisotopic (exact) mass is 418 g/mol. The Hall–Kier alpha value is -1.26. The van der Waals surface area contributed by atoms with Crippen molar-refractivity contribution in [3.8, 4) is 0 Å². The minimum Gasteiger partial charge on any atom is -0.367 e. The number of nitrogens with one attached hydrogen (secondary N) is 2. The van der Waals surface area contributed by atoms with E-state index in [1.807, 2.05) is 6.92 Å². The number of hydrogen-bond acceptors (Lipinski definition) is 5. The first-order valence-electron chi connectivity index (χ1n) is 6.25. The average Bonchev–Trinajstić information content (AvgIpc) is 2.47. The summed E-state index contributed by atoms with van der Waals surface area (Å²) in [6.07, 6.45) is 4.73. The van der Waals surface area contributed by atoms with Gasteiger partial charge in [-0.15, -0.1) is 0 Å². The van der Waals surface area contributed by atoms with Crippen molar-refractivity contribution in [2.45, 2.75) is 11.8 Å². The molecular formula is C13H15IN4O2S. The molecule has 21 heavy (non-hydrogen) atoms. The van der Waals surface area contributed by atoms with E-state index >= 15 is 0 Å². The summed E-state index contributed by atoms with van der Waals surface area (Å²) in [6, 6.07) is 5.07. The van der Waals surface area contributed by atoms with Gasteiger partial charge in [-0.3, -0.25) is 4.98 Å². The van der Waals surface area contributed by atoms with E-state index in [4.69, 9.17) is 0 Å². The van der Waals surface area contributed by atoms with E-state index in [2.05, 4.69) is 42.6 Å². The number of benzene rings is 1. The molecule has 6 nitrogen and oxygen atoms in total. The second-order valence-electron chi connectivity index (χ2n) is 4.33. The van der Waals surface area contributed by atoms with Gasteiger partial charge >= 0.3 is 0 Å². The van der Waals surface area contributed by atoms with Crippen LogP contribution in [0.25, 0.3) is 0 Å². The first kappa shape index (κ1) is 16.1. The number of rotatable bonds is 6. The lowest BCUT2D eigenvalue weighted by atomic mass is 10.2. The minimum atomic E-state index is -3.48.